The van der Waals surface area contributed by atoms with Crippen molar-refractivity contribution in [2.24, 2.45) is 0 Å². The van der Waals surface area contributed by atoms with E-state index in [1.165, 1.54) is 11.6 Å². The van der Waals surface area contributed by atoms with Gasteiger partial charge in [-0.15, -0.1) is 0 Å². The summed E-state index contributed by atoms with van der Waals surface area (Å²) >= 11 is 0. The van der Waals surface area contributed by atoms with Crippen LogP contribution in [-0.4, -0.2) is 35.0 Å². The summed E-state index contributed by atoms with van der Waals surface area (Å²) in [6, 6.07) is 13.1. The molecule has 9 nitrogen and oxygen atoms in total. The van der Waals surface area contributed by atoms with Gasteiger partial charge in [-0.05, 0) is 24.3 Å². The van der Waals surface area contributed by atoms with E-state index < -0.39 is 17.2 Å². The molecule has 0 saturated heterocycles. The number of amides is 2. The molecule has 2 amide bonds. The first-order valence-electron chi connectivity index (χ1n) is 8.43. The highest BCUT2D eigenvalue weighted by molar-refractivity contribution is 5.91. The third-order valence-electron chi connectivity index (χ3n) is 3.97. The van der Waals surface area contributed by atoms with Crippen LogP contribution in [0.15, 0.2) is 58.1 Å². The summed E-state index contributed by atoms with van der Waals surface area (Å²) in [4.78, 5) is 49.9. The van der Waals surface area contributed by atoms with Crippen LogP contribution in [0.25, 0.3) is 10.9 Å². The molecule has 0 unspecified atom stereocenters. The second-order valence-electron chi connectivity index (χ2n) is 5.90. The standard InChI is InChI=1S/C19H18N4O5/c1-20-17(25)11-28-13-6-4-5-12(9-13)21-16(24)10-23-15-8-3-2-7-14(15)18(26)22-19(23)27/h2-9H,10-11H2,1H3,(H,20,25)(H,21,24)(H,22,26,27). The molecule has 0 aliphatic carbocycles. The number of fused-ring (bicyclic) bond motifs is 1. The number of ether oxygens (including phenoxy) is 1. The van der Waals surface area contributed by atoms with Crippen molar-refractivity contribution in [3.05, 3.63) is 69.4 Å². The summed E-state index contributed by atoms with van der Waals surface area (Å²) in [5.74, 6) is -0.324. The topological polar surface area (TPSA) is 122 Å². The van der Waals surface area contributed by atoms with Crippen molar-refractivity contribution in [2.45, 2.75) is 6.54 Å². The molecule has 0 saturated carbocycles. The van der Waals surface area contributed by atoms with Crippen LogP contribution in [0.3, 0.4) is 0 Å². The first-order valence-corrected chi connectivity index (χ1v) is 8.43. The number of hydrogen-bond donors (Lipinski definition) is 3. The fourth-order valence-corrected chi connectivity index (χ4v) is 2.63. The van der Waals surface area contributed by atoms with Crippen molar-refractivity contribution in [3.8, 4) is 5.75 Å². The van der Waals surface area contributed by atoms with E-state index in [-0.39, 0.29) is 19.1 Å². The number of H-pyrrole nitrogens is 1. The highest BCUT2D eigenvalue weighted by Gasteiger charge is 2.11. The zero-order chi connectivity index (χ0) is 20.1. The zero-order valence-electron chi connectivity index (χ0n) is 15.0. The number of aromatic nitrogens is 2. The predicted molar refractivity (Wildman–Crippen MR) is 103 cm³/mol. The number of para-hydroxylation sites is 1. The van der Waals surface area contributed by atoms with Crippen molar-refractivity contribution in [2.75, 3.05) is 19.0 Å². The van der Waals surface area contributed by atoms with Gasteiger partial charge in [-0.25, -0.2) is 4.79 Å². The third kappa shape index (κ3) is 4.26. The quantitative estimate of drug-likeness (QED) is 0.571. The van der Waals surface area contributed by atoms with Gasteiger partial charge < -0.3 is 15.4 Å². The number of aromatic amines is 1. The summed E-state index contributed by atoms with van der Waals surface area (Å²) in [5.41, 5.74) is -0.352. The summed E-state index contributed by atoms with van der Waals surface area (Å²) in [5, 5.41) is 5.43. The van der Waals surface area contributed by atoms with Crippen LogP contribution in [0.2, 0.25) is 0 Å². The highest BCUT2D eigenvalue weighted by Crippen LogP contribution is 2.17. The molecule has 28 heavy (non-hydrogen) atoms. The normalized spacial score (nSPS) is 10.5. The monoisotopic (exact) mass is 382 g/mol. The lowest BCUT2D eigenvalue weighted by molar-refractivity contribution is -0.122. The van der Waals surface area contributed by atoms with E-state index in [1.54, 1.807) is 48.5 Å². The van der Waals surface area contributed by atoms with Crippen LogP contribution in [-0.2, 0) is 16.1 Å². The Morgan fingerprint density at radius 1 is 1.07 bits per heavy atom. The minimum atomic E-state index is -0.665. The number of carbonyl (C=O) groups is 2. The summed E-state index contributed by atoms with van der Waals surface area (Å²) in [6.07, 6.45) is 0. The molecule has 0 atom stereocenters. The smallest absolute Gasteiger partial charge is 0.329 e. The molecule has 144 valence electrons. The Morgan fingerprint density at radius 2 is 1.86 bits per heavy atom. The van der Waals surface area contributed by atoms with E-state index in [0.29, 0.717) is 22.3 Å². The van der Waals surface area contributed by atoms with Crippen LogP contribution in [0.1, 0.15) is 0 Å². The molecule has 0 bridgehead atoms. The maximum Gasteiger partial charge on any atom is 0.329 e. The Kier molecular flexibility index (Phi) is 5.54. The number of anilines is 1. The Balaban J connectivity index is 1.77. The first kappa shape index (κ1) is 18.9. The maximum atomic E-state index is 12.4. The number of hydrogen-bond acceptors (Lipinski definition) is 5. The fourth-order valence-electron chi connectivity index (χ4n) is 2.63. The molecule has 1 heterocycles. The van der Waals surface area contributed by atoms with Gasteiger partial charge in [-0.3, -0.25) is 23.9 Å². The van der Waals surface area contributed by atoms with E-state index in [1.807, 2.05) is 0 Å². The average Bonchev–Trinajstić information content (AvgIpc) is 2.69. The lowest BCUT2D eigenvalue weighted by atomic mass is 10.2. The van der Waals surface area contributed by atoms with Crippen LogP contribution >= 0.6 is 0 Å². The van der Waals surface area contributed by atoms with Crippen molar-refractivity contribution in [1.29, 1.82) is 0 Å². The molecule has 9 heteroatoms. The van der Waals surface area contributed by atoms with E-state index >= 15 is 0 Å². The van der Waals surface area contributed by atoms with Crippen LogP contribution in [0.5, 0.6) is 5.75 Å². The number of carbonyl (C=O) groups excluding carboxylic acids is 2. The van der Waals surface area contributed by atoms with Gasteiger partial charge in [0.25, 0.3) is 11.5 Å². The van der Waals surface area contributed by atoms with Crippen LogP contribution < -0.4 is 26.6 Å². The average molecular weight is 382 g/mol. The molecule has 1 aromatic heterocycles. The predicted octanol–water partition coefficient (Wildman–Crippen LogP) is 0.453. The van der Waals surface area contributed by atoms with Gasteiger partial charge in [-0.2, -0.15) is 0 Å². The van der Waals surface area contributed by atoms with Gasteiger partial charge in [0.2, 0.25) is 5.91 Å². The number of nitrogens with one attached hydrogen (secondary N) is 3. The second kappa shape index (κ2) is 8.21. The molecule has 0 fully saturated rings. The Morgan fingerprint density at radius 3 is 2.64 bits per heavy atom. The Bertz CT molecular complexity index is 1150. The molecule has 0 radical (unpaired) electrons. The largest absolute Gasteiger partial charge is 0.484 e. The number of benzene rings is 2. The van der Waals surface area contributed by atoms with Crippen LogP contribution in [0.4, 0.5) is 5.69 Å². The SMILES string of the molecule is CNC(=O)COc1cccc(NC(=O)Cn2c(=O)[nH]c(=O)c3ccccc32)c1. The molecular formula is C19H18N4O5. The minimum Gasteiger partial charge on any atom is -0.484 e. The Hall–Kier alpha value is -3.88. The van der Waals surface area contributed by atoms with E-state index in [2.05, 4.69) is 15.6 Å². The van der Waals surface area contributed by atoms with Gasteiger partial charge >= 0.3 is 5.69 Å². The van der Waals surface area contributed by atoms with Gasteiger partial charge in [-0.1, -0.05) is 18.2 Å². The first-order chi connectivity index (χ1) is 13.5. The number of rotatable bonds is 6. The molecule has 2 aromatic carbocycles. The molecule has 0 aliphatic rings. The van der Waals surface area contributed by atoms with Gasteiger partial charge in [0.15, 0.2) is 6.61 Å². The lowest BCUT2D eigenvalue weighted by Gasteiger charge is -2.11. The van der Waals surface area contributed by atoms with Gasteiger partial charge in [0, 0.05) is 18.8 Å². The molecular weight excluding hydrogens is 364 g/mol. The zero-order valence-corrected chi connectivity index (χ0v) is 15.0. The maximum absolute atomic E-state index is 12.4. The van der Waals surface area contributed by atoms with E-state index in [4.69, 9.17) is 4.74 Å². The van der Waals surface area contributed by atoms with Crippen molar-refractivity contribution >= 4 is 28.4 Å². The summed E-state index contributed by atoms with van der Waals surface area (Å²) in [6.45, 7) is -0.424. The molecule has 3 aromatic rings. The highest BCUT2D eigenvalue weighted by atomic mass is 16.5. The second-order valence-corrected chi connectivity index (χ2v) is 5.90. The summed E-state index contributed by atoms with van der Waals surface area (Å²) in [7, 11) is 1.50. The molecule has 0 spiro atoms. The van der Waals surface area contributed by atoms with E-state index in [0.717, 1.165) is 0 Å². The van der Waals surface area contributed by atoms with Crippen molar-refractivity contribution < 1.29 is 14.3 Å². The number of nitrogens with zero attached hydrogens (tertiary/aromatic N) is 1. The lowest BCUT2D eigenvalue weighted by Crippen LogP contribution is -2.34. The minimum absolute atomic E-state index is 0.146. The molecule has 3 rings (SSSR count). The van der Waals surface area contributed by atoms with Crippen molar-refractivity contribution in [1.82, 2.24) is 14.9 Å². The van der Waals surface area contributed by atoms with Gasteiger partial charge in [0.1, 0.15) is 12.3 Å². The summed E-state index contributed by atoms with van der Waals surface area (Å²) < 4.78 is 6.52. The molecule has 0 aliphatic heterocycles. The fraction of sp³-hybridized carbons (Fsp3) is 0.158. The molecule has 3 N–H and O–H groups in total. The van der Waals surface area contributed by atoms with Crippen molar-refractivity contribution in [3.63, 3.8) is 0 Å². The number of likely N-dealkylation sites (N-methyl/N-ethyl adjacent to an activating group) is 1. The Labute approximate surface area is 159 Å². The van der Waals surface area contributed by atoms with Gasteiger partial charge in [0.05, 0.1) is 10.9 Å². The third-order valence-corrected chi connectivity index (χ3v) is 3.97. The van der Waals surface area contributed by atoms with E-state index in [9.17, 15) is 19.2 Å². The van der Waals surface area contributed by atoms with Crippen LogP contribution in [0, 0.1) is 0 Å².